The summed E-state index contributed by atoms with van der Waals surface area (Å²) in [5.41, 5.74) is 1.44. The Labute approximate surface area is 123 Å². The van der Waals surface area contributed by atoms with Crippen LogP contribution in [0.3, 0.4) is 0 Å². The molecule has 0 radical (unpaired) electrons. The summed E-state index contributed by atoms with van der Waals surface area (Å²) in [6, 6.07) is 5.90. The highest BCUT2D eigenvalue weighted by molar-refractivity contribution is 7.11. The predicted molar refractivity (Wildman–Crippen MR) is 72.9 cm³/mol. The molecule has 21 heavy (non-hydrogen) atoms. The lowest BCUT2D eigenvalue weighted by Crippen LogP contribution is -2.17. The van der Waals surface area contributed by atoms with Crippen LogP contribution in [0.5, 0.6) is 0 Å². The molecule has 0 amide bonds. The number of halogens is 1. The van der Waals surface area contributed by atoms with Gasteiger partial charge in [0.15, 0.2) is 10.8 Å². The first-order chi connectivity index (χ1) is 9.95. The third kappa shape index (κ3) is 4.03. The molecule has 0 bridgehead atoms. The van der Waals surface area contributed by atoms with Crippen LogP contribution in [0.25, 0.3) is 0 Å². The average molecular weight is 307 g/mol. The van der Waals surface area contributed by atoms with E-state index >= 15 is 0 Å². The first-order valence-electron chi connectivity index (χ1n) is 5.94. The van der Waals surface area contributed by atoms with Gasteiger partial charge in [0, 0.05) is 11.8 Å². The van der Waals surface area contributed by atoms with Crippen LogP contribution >= 0.6 is 11.3 Å². The van der Waals surface area contributed by atoms with Crippen molar-refractivity contribution in [2.45, 2.75) is 12.8 Å². The smallest absolute Gasteiger partial charge is 0.372 e. The lowest BCUT2D eigenvalue weighted by atomic mass is 10.1. The molecule has 7 heteroatoms. The molecule has 1 heterocycles. The summed E-state index contributed by atoms with van der Waals surface area (Å²) in [5, 5.41) is 10.2. The third-order valence-corrected chi connectivity index (χ3v) is 3.58. The lowest BCUT2D eigenvalue weighted by Gasteiger charge is -1.97. The molecular formula is C14H10FNO4S. The minimum atomic E-state index is -1.63. The van der Waals surface area contributed by atoms with Crippen molar-refractivity contribution < 1.29 is 23.9 Å². The number of carboxylic acid groups (broad SMARTS) is 1. The van der Waals surface area contributed by atoms with Gasteiger partial charge in [-0.15, -0.1) is 11.3 Å². The molecule has 1 N–H and O–H groups in total. The van der Waals surface area contributed by atoms with E-state index < -0.39 is 24.0 Å². The molecule has 0 aliphatic carbocycles. The van der Waals surface area contributed by atoms with Gasteiger partial charge in [-0.25, -0.2) is 14.2 Å². The van der Waals surface area contributed by atoms with Gasteiger partial charge in [0.25, 0.3) is 0 Å². The van der Waals surface area contributed by atoms with Gasteiger partial charge >= 0.3 is 5.97 Å². The molecule has 0 fully saturated rings. The normalized spacial score (nSPS) is 10.3. The fourth-order valence-corrected chi connectivity index (χ4v) is 2.38. The maximum absolute atomic E-state index is 12.8. The standard InChI is InChI=1S/C14H10FNO4S/c15-9-3-1-8(2-4-9)5-10-7-21-13(16-10)11(17)6-12(18)14(19)20/h1-4,7H,5-6H2,(H,19,20). The molecule has 0 saturated carbocycles. The number of hydrogen-bond acceptors (Lipinski definition) is 5. The highest BCUT2D eigenvalue weighted by atomic mass is 32.1. The van der Waals surface area contributed by atoms with Crippen LogP contribution in [0.1, 0.15) is 27.5 Å². The Bertz CT molecular complexity index is 693. The number of Topliss-reactive ketones (excluding diaryl/α,β-unsaturated/α-hetero) is 2. The van der Waals surface area contributed by atoms with Crippen LogP contribution in [0.4, 0.5) is 4.39 Å². The molecule has 0 spiro atoms. The minimum Gasteiger partial charge on any atom is -0.475 e. The second kappa shape index (κ2) is 6.36. The van der Waals surface area contributed by atoms with E-state index in [0.717, 1.165) is 16.9 Å². The number of hydrogen-bond donors (Lipinski definition) is 1. The van der Waals surface area contributed by atoms with Crippen molar-refractivity contribution >= 4 is 28.9 Å². The summed E-state index contributed by atoms with van der Waals surface area (Å²) in [6.07, 6.45) is -0.268. The molecule has 1 aromatic heterocycles. The Balaban J connectivity index is 2.04. The van der Waals surface area contributed by atoms with Crippen molar-refractivity contribution in [1.29, 1.82) is 0 Å². The Morgan fingerprint density at radius 1 is 1.19 bits per heavy atom. The number of thiazole rings is 1. The van der Waals surface area contributed by atoms with E-state index in [2.05, 4.69) is 4.98 Å². The summed E-state index contributed by atoms with van der Waals surface area (Å²) in [4.78, 5) is 37.1. The SMILES string of the molecule is O=C(O)C(=O)CC(=O)c1nc(Cc2ccc(F)cc2)cs1. The zero-order valence-electron chi connectivity index (χ0n) is 10.7. The van der Waals surface area contributed by atoms with Crippen LogP contribution in [0.2, 0.25) is 0 Å². The number of aliphatic carboxylic acids is 1. The van der Waals surface area contributed by atoms with Gasteiger partial charge in [-0.3, -0.25) is 9.59 Å². The Morgan fingerprint density at radius 2 is 1.86 bits per heavy atom. The monoisotopic (exact) mass is 307 g/mol. The Hall–Kier alpha value is -2.41. The van der Waals surface area contributed by atoms with Crippen LogP contribution < -0.4 is 0 Å². The molecule has 108 valence electrons. The highest BCUT2D eigenvalue weighted by Gasteiger charge is 2.20. The van der Waals surface area contributed by atoms with Gasteiger partial charge in [0.2, 0.25) is 5.78 Å². The molecular weight excluding hydrogens is 297 g/mol. The van der Waals surface area contributed by atoms with E-state index in [9.17, 15) is 18.8 Å². The van der Waals surface area contributed by atoms with E-state index in [1.54, 1.807) is 17.5 Å². The molecule has 2 aromatic rings. The van der Waals surface area contributed by atoms with Crippen LogP contribution in [0, 0.1) is 5.82 Å². The van der Waals surface area contributed by atoms with Crippen molar-refractivity contribution in [2.24, 2.45) is 0 Å². The number of carbonyl (C=O) groups excluding carboxylic acids is 2. The van der Waals surface area contributed by atoms with Crippen molar-refractivity contribution in [2.75, 3.05) is 0 Å². The highest BCUT2D eigenvalue weighted by Crippen LogP contribution is 2.16. The zero-order valence-corrected chi connectivity index (χ0v) is 11.5. The fourth-order valence-electron chi connectivity index (χ4n) is 1.62. The van der Waals surface area contributed by atoms with Crippen LogP contribution in [-0.4, -0.2) is 27.6 Å². The topological polar surface area (TPSA) is 84.3 Å². The number of carbonyl (C=O) groups is 3. The first-order valence-corrected chi connectivity index (χ1v) is 6.82. The molecule has 0 aliphatic heterocycles. The van der Waals surface area contributed by atoms with Crippen molar-refractivity contribution in [3.8, 4) is 0 Å². The Kier molecular flexibility index (Phi) is 4.54. The molecule has 5 nitrogen and oxygen atoms in total. The number of benzene rings is 1. The quantitative estimate of drug-likeness (QED) is 0.502. The number of rotatable bonds is 6. The zero-order chi connectivity index (χ0) is 15.4. The number of ketones is 2. The summed E-state index contributed by atoms with van der Waals surface area (Å²) < 4.78 is 12.8. The Morgan fingerprint density at radius 3 is 2.48 bits per heavy atom. The van der Waals surface area contributed by atoms with Gasteiger partial charge in [-0.2, -0.15) is 0 Å². The molecule has 1 aromatic carbocycles. The summed E-state index contributed by atoms with van der Waals surface area (Å²) in [7, 11) is 0. The van der Waals surface area contributed by atoms with E-state index in [1.807, 2.05) is 0 Å². The number of carboxylic acids is 1. The summed E-state index contributed by atoms with van der Waals surface area (Å²) in [5.74, 6) is -3.74. The van der Waals surface area contributed by atoms with Crippen molar-refractivity contribution in [1.82, 2.24) is 4.98 Å². The van der Waals surface area contributed by atoms with Gasteiger partial charge in [-0.1, -0.05) is 12.1 Å². The third-order valence-electron chi connectivity index (χ3n) is 2.65. The van der Waals surface area contributed by atoms with E-state index in [-0.39, 0.29) is 10.8 Å². The minimum absolute atomic E-state index is 0.0988. The van der Waals surface area contributed by atoms with E-state index in [0.29, 0.717) is 12.1 Å². The van der Waals surface area contributed by atoms with Gasteiger partial charge in [0.1, 0.15) is 5.82 Å². The first kappa shape index (κ1) is 15.0. The fraction of sp³-hybridized carbons (Fsp3) is 0.143. The van der Waals surface area contributed by atoms with Crippen molar-refractivity contribution in [3.63, 3.8) is 0 Å². The summed E-state index contributed by atoms with van der Waals surface area (Å²) in [6.45, 7) is 0. The molecule has 0 saturated heterocycles. The molecule has 0 atom stereocenters. The van der Waals surface area contributed by atoms with Crippen LogP contribution in [0.15, 0.2) is 29.6 Å². The predicted octanol–water partition coefficient (Wildman–Crippen LogP) is 2.10. The van der Waals surface area contributed by atoms with E-state index in [4.69, 9.17) is 5.11 Å². The lowest BCUT2D eigenvalue weighted by molar-refractivity contribution is -0.148. The van der Waals surface area contributed by atoms with E-state index in [1.165, 1.54) is 12.1 Å². The average Bonchev–Trinajstić information content (AvgIpc) is 2.90. The molecule has 0 aliphatic rings. The summed E-state index contributed by atoms with van der Waals surface area (Å²) >= 11 is 1.05. The van der Waals surface area contributed by atoms with Crippen molar-refractivity contribution in [3.05, 3.63) is 51.7 Å². The maximum Gasteiger partial charge on any atom is 0.372 e. The second-order valence-corrected chi connectivity index (χ2v) is 5.13. The van der Waals surface area contributed by atoms with Crippen LogP contribution in [-0.2, 0) is 16.0 Å². The van der Waals surface area contributed by atoms with Gasteiger partial charge in [0.05, 0.1) is 12.1 Å². The maximum atomic E-state index is 12.8. The largest absolute Gasteiger partial charge is 0.475 e. The molecule has 0 unspecified atom stereocenters. The molecule has 2 rings (SSSR count). The number of nitrogens with zero attached hydrogens (tertiary/aromatic N) is 1. The number of aromatic nitrogens is 1. The van der Waals surface area contributed by atoms with Gasteiger partial charge < -0.3 is 5.11 Å². The second-order valence-electron chi connectivity index (χ2n) is 4.28. The van der Waals surface area contributed by atoms with Gasteiger partial charge in [-0.05, 0) is 17.7 Å².